The van der Waals surface area contributed by atoms with Gasteiger partial charge >= 0.3 is 0 Å². The minimum absolute atomic E-state index is 0.204. The molecule has 0 bridgehead atoms. The maximum absolute atomic E-state index is 13.7. The summed E-state index contributed by atoms with van der Waals surface area (Å²) < 4.78 is 25.1. The third-order valence-electron chi connectivity index (χ3n) is 4.54. The molecule has 0 atom stereocenters. The van der Waals surface area contributed by atoms with Gasteiger partial charge in [-0.25, -0.2) is 9.37 Å². The van der Waals surface area contributed by atoms with Crippen molar-refractivity contribution in [1.82, 2.24) is 9.88 Å². The van der Waals surface area contributed by atoms with Crippen molar-refractivity contribution >= 4 is 5.91 Å². The molecule has 146 valence electrons. The van der Waals surface area contributed by atoms with Crippen molar-refractivity contribution in [2.24, 2.45) is 11.7 Å². The third-order valence-corrected chi connectivity index (χ3v) is 4.54. The number of ether oxygens (including phenoxy) is 1. The highest BCUT2D eigenvalue weighted by Crippen LogP contribution is 2.26. The second-order valence-electron chi connectivity index (χ2n) is 7.16. The van der Waals surface area contributed by atoms with E-state index in [1.807, 2.05) is 0 Å². The van der Waals surface area contributed by atoms with Gasteiger partial charge in [0.05, 0.1) is 12.1 Å². The van der Waals surface area contributed by atoms with Crippen LogP contribution in [0.25, 0.3) is 0 Å². The summed E-state index contributed by atoms with van der Waals surface area (Å²) in [5.74, 6) is 1.73. The van der Waals surface area contributed by atoms with Crippen LogP contribution >= 0.6 is 0 Å². The maximum atomic E-state index is 13.7. The molecule has 1 aliphatic rings. The molecule has 1 aromatic carbocycles. The molecule has 2 N–H and O–H groups in total. The van der Waals surface area contributed by atoms with Gasteiger partial charge in [0.15, 0.2) is 5.89 Å². The van der Waals surface area contributed by atoms with Crippen LogP contribution in [0.1, 0.15) is 48.0 Å². The number of carbonyl (C=O) groups excluding carboxylic acids is 1. The predicted molar refractivity (Wildman–Crippen MR) is 99.1 cm³/mol. The number of aromatic nitrogens is 1. The minimum Gasteiger partial charge on any atom is -0.491 e. The summed E-state index contributed by atoms with van der Waals surface area (Å²) in [5, 5.41) is 0. The Labute approximate surface area is 158 Å². The first-order valence-corrected chi connectivity index (χ1v) is 9.37. The van der Waals surface area contributed by atoms with Crippen molar-refractivity contribution in [3.63, 3.8) is 0 Å². The van der Waals surface area contributed by atoms with Gasteiger partial charge in [-0.15, -0.1) is 0 Å². The SMILES string of the molecule is CC(C)CCc1nc2c(o1)CCN(C(=O)c1cc(F)ccc1OCCN)C2. The standard InChI is InChI=1S/C20H26FN3O3/c1-13(2)3-6-19-23-16-12-24(9-7-18(16)27-19)20(25)15-11-14(21)4-5-17(15)26-10-8-22/h4-5,11,13H,3,6-10,12,22H2,1-2H3. The highest BCUT2D eigenvalue weighted by atomic mass is 19.1. The van der Waals surface area contributed by atoms with Gasteiger partial charge < -0.3 is 19.8 Å². The lowest BCUT2D eigenvalue weighted by atomic mass is 10.1. The highest BCUT2D eigenvalue weighted by Gasteiger charge is 2.28. The Morgan fingerprint density at radius 3 is 3.00 bits per heavy atom. The number of aryl methyl sites for hydroxylation is 1. The van der Waals surface area contributed by atoms with Crippen LogP contribution in [0, 0.1) is 11.7 Å². The number of amides is 1. The molecule has 2 heterocycles. The normalized spacial score (nSPS) is 13.7. The number of carbonyl (C=O) groups is 1. The Morgan fingerprint density at radius 2 is 2.26 bits per heavy atom. The Kier molecular flexibility index (Phi) is 6.11. The number of fused-ring (bicyclic) bond motifs is 1. The molecule has 0 radical (unpaired) electrons. The van der Waals surface area contributed by atoms with E-state index in [0.29, 0.717) is 37.7 Å². The van der Waals surface area contributed by atoms with E-state index >= 15 is 0 Å². The molecule has 1 aromatic heterocycles. The molecule has 0 aliphatic carbocycles. The maximum Gasteiger partial charge on any atom is 0.258 e. The number of nitrogens with zero attached hydrogens (tertiary/aromatic N) is 2. The summed E-state index contributed by atoms with van der Waals surface area (Å²) in [6, 6.07) is 3.95. The number of nitrogens with two attached hydrogens (primary N) is 1. The zero-order chi connectivity index (χ0) is 19.4. The molecule has 0 fully saturated rings. The molecule has 3 rings (SSSR count). The van der Waals surface area contributed by atoms with E-state index in [9.17, 15) is 9.18 Å². The lowest BCUT2D eigenvalue weighted by Gasteiger charge is -2.26. The van der Waals surface area contributed by atoms with Crippen molar-refractivity contribution < 1.29 is 18.3 Å². The second kappa shape index (κ2) is 8.52. The molecule has 0 unspecified atom stereocenters. The van der Waals surface area contributed by atoms with E-state index in [2.05, 4.69) is 18.8 Å². The summed E-state index contributed by atoms with van der Waals surface area (Å²) in [7, 11) is 0. The third kappa shape index (κ3) is 4.66. The summed E-state index contributed by atoms with van der Waals surface area (Å²) in [4.78, 5) is 19.2. The molecular weight excluding hydrogens is 349 g/mol. The van der Waals surface area contributed by atoms with Crippen molar-refractivity contribution in [3.05, 3.63) is 46.9 Å². The molecule has 6 nitrogen and oxygen atoms in total. The smallest absolute Gasteiger partial charge is 0.258 e. The van der Waals surface area contributed by atoms with Crippen molar-refractivity contribution in [2.75, 3.05) is 19.7 Å². The van der Waals surface area contributed by atoms with E-state index in [4.69, 9.17) is 14.9 Å². The summed E-state index contributed by atoms with van der Waals surface area (Å²) in [6.45, 7) is 5.75. The number of oxazole rings is 1. The van der Waals surface area contributed by atoms with Crippen molar-refractivity contribution in [3.8, 4) is 5.75 Å². The van der Waals surface area contributed by atoms with Crippen LogP contribution in [0.3, 0.4) is 0 Å². The fraction of sp³-hybridized carbons (Fsp3) is 0.500. The van der Waals surface area contributed by atoms with Crippen LogP contribution in [0.4, 0.5) is 4.39 Å². The van der Waals surface area contributed by atoms with Gasteiger partial charge in [0, 0.05) is 25.9 Å². The molecule has 7 heteroatoms. The number of hydrogen-bond acceptors (Lipinski definition) is 5. The molecular formula is C20H26FN3O3. The quantitative estimate of drug-likeness (QED) is 0.805. The van der Waals surface area contributed by atoms with Crippen molar-refractivity contribution in [2.45, 2.75) is 39.7 Å². The van der Waals surface area contributed by atoms with E-state index < -0.39 is 5.82 Å². The van der Waals surface area contributed by atoms with E-state index in [1.165, 1.54) is 18.2 Å². The molecule has 0 saturated carbocycles. The van der Waals surface area contributed by atoms with Gasteiger partial charge in [0.25, 0.3) is 5.91 Å². The van der Waals surface area contributed by atoms with Crippen LogP contribution < -0.4 is 10.5 Å². The first-order valence-electron chi connectivity index (χ1n) is 9.37. The predicted octanol–water partition coefficient (Wildman–Crippen LogP) is 2.94. The fourth-order valence-corrected chi connectivity index (χ4v) is 3.08. The average molecular weight is 375 g/mol. The fourth-order valence-electron chi connectivity index (χ4n) is 3.08. The number of benzene rings is 1. The Bertz CT molecular complexity index is 804. The zero-order valence-electron chi connectivity index (χ0n) is 15.8. The van der Waals surface area contributed by atoms with Crippen LogP contribution in [0.15, 0.2) is 22.6 Å². The van der Waals surface area contributed by atoms with Crippen LogP contribution in [-0.2, 0) is 19.4 Å². The zero-order valence-corrected chi connectivity index (χ0v) is 15.8. The first-order chi connectivity index (χ1) is 13.0. The van der Waals surface area contributed by atoms with Gasteiger partial charge in [0.2, 0.25) is 0 Å². The molecule has 2 aromatic rings. The number of hydrogen-bond donors (Lipinski definition) is 1. The Morgan fingerprint density at radius 1 is 1.44 bits per heavy atom. The largest absolute Gasteiger partial charge is 0.491 e. The summed E-state index contributed by atoms with van der Waals surface area (Å²) >= 11 is 0. The van der Waals surface area contributed by atoms with Gasteiger partial charge in [-0.05, 0) is 30.5 Å². The number of halogens is 1. The average Bonchev–Trinajstić information content (AvgIpc) is 3.07. The van der Waals surface area contributed by atoms with Crippen LogP contribution in [0.2, 0.25) is 0 Å². The van der Waals surface area contributed by atoms with Gasteiger partial charge in [-0.3, -0.25) is 4.79 Å². The number of rotatable bonds is 7. The summed E-state index contributed by atoms with van der Waals surface area (Å²) in [6.07, 6.45) is 2.40. The van der Waals surface area contributed by atoms with Gasteiger partial charge in [0.1, 0.15) is 29.6 Å². The van der Waals surface area contributed by atoms with E-state index in [0.717, 1.165) is 30.2 Å². The van der Waals surface area contributed by atoms with Crippen molar-refractivity contribution in [1.29, 1.82) is 0 Å². The van der Waals surface area contributed by atoms with Crippen LogP contribution in [-0.4, -0.2) is 35.5 Å². The van der Waals surface area contributed by atoms with E-state index in [-0.39, 0.29) is 18.1 Å². The highest BCUT2D eigenvalue weighted by molar-refractivity contribution is 5.97. The lowest BCUT2D eigenvalue weighted by Crippen LogP contribution is -2.36. The minimum atomic E-state index is -0.478. The Hall–Kier alpha value is -2.41. The monoisotopic (exact) mass is 375 g/mol. The van der Waals surface area contributed by atoms with E-state index in [1.54, 1.807) is 4.90 Å². The van der Waals surface area contributed by atoms with Gasteiger partial charge in [-0.2, -0.15) is 0 Å². The summed E-state index contributed by atoms with van der Waals surface area (Å²) in [5.41, 5.74) is 6.45. The van der Waals surface area contributed by atoms with Gasteiger partial charge in [-0.1, -0.05) is 13.8 Å². The lowest BCUT2D eigenvalue weighted by molar-refractivity contribution is 0.0723. The molecule has 0 saturated heterocycles. The first kappa shape index (κ1) is 19.4. The molecule has 1 aliphatic heterocycles. The molecule has 1 amide bonds. The van der Waals surface area contributed by atoms with Crippen LogP contribution in [0.5, 0.6) is 5.75 Å². The molecule has 0 spiro atoms. The Balaban J connectivity index is 1.75. The molecule has 27 heavy (non-hydrogen) atoms. The second-order valence-corrected chi connectivity index (χ2v) is 7.16. The topological polar surface area (TPSA) is 81.6 Å².